The summed E-state index contributed by atoms with van der Waals surface area (Å²) in [5.41, 5.74) is 1.99. The summed E-state index contributed by atoms with van der Waals surface area (Å²) in [7, 11) is 0. The number of nitrogens with zero attached hydrogens (tertiary/aromatic N) is 2. The van der Waals surface area contributed by atoms with Gasteiger partial charge in [-0.15, -0.1) is 11.8 Å². The minimum absolute atomic E-state index is 0.0264. The molecule has 1 aromatic carbocycles. The number of thioether (sulfide) groups is 1. The molecular formula is C18H16N2O4S. The van der Waals surface area contributed by atoms with Gasteiger partial charge in [0.1, 0.15) is 5.70 Å². The van der Waals surface area contributed by atoms with Crippen LogP contribution in [-0.2, 0) is 14.4 Å². The molecule has 25 heavy (non-hydrogen) atoms. The lowest BCUT2D eigenvalue weighted by Crippen LogP contribution is -2.53. The number of carboxylic acids is 1. The van der Waals surface area contributed by atoms with E-state index < -0.39 is 5.97 Å². The van der Waals surface area contributed by atoms with Gasteiger partial charge in [-0.25, -0.2) is 4.79 Å². The number of aliphatic carboxylic acids is 1. The van der Waals surface area contributed by atoms with Gasteiger partial charge in [0.15, 0.2) is 0 Å². The molecule has 4 rings (SSSR count). The Bertz CT molecular complexity index is 831. The van der Waals surface area contributed by atoms with Crippen molar-refractivity contribution in [3.8, 4) is 0 Å². The molecule has 2 fully saturated rings. The number of carboxylic acid groups (broad SMARTS) is 1. The first-order valence-corrected chi connectivity index (χ1v) is 9.08. The summed E-state index contributed by atoms with van der Waals surface area (Å²) in [6.07, 6.45) is 2.61. The molecule has 0 aliphatic carbocycles. The minimum atomic E-state index is -1.12. The predicted molar refractivity (Wildman–Crippen MR) is 93.9 cm³/mol. The van der Waals surface area contributed by atoms with Gasteiger partial charge in [0.05, 0.1) is 11.8 Å². The van der Waals surface area contributed by atoms with Crippen molar-refractivity contribution in [2.45, 2.75) is 18.2 Å². The van der Waals surface area contributed by atoms with Crippen LogP contribution in [0.4, 0.5) is 5.69 Å². The molecule has 3 aliphatic rings. The van der Waals surface area contributed by atoms with Crippen molar-refractivity contribution in [1.29, 1.82) is 0 Å². The fraction of sp³-hybridized carbons (Fsp3) is 0.278. The van der Waals surface area contributed by atoms with E-state index in [1.54, 1.807) is 22.7 Å². The summed E-state index contributed by atoms with van der Waals surface area (Å²) < 4.78 is 0. The molecule has 0 saturated carbocycles. The van der Waals surface area contributed by atoms with E-state index in [0.29, 0.717) is 36.3 Å². The van der Waals surface area contributed by atoms with Crippen molar-refractivity contribution in [2.75, 3.05) is 17.2 Å². The molecule has 1 atom stereocenters. The lowest BCUT2D eigenvalue weighted by molar-refractivity contribution is -0.146. The summed E-state index contributed by atoms with van der Waals surface area (Å²) in [5, 5.41) is 9.45. The number of fused-ring (bicyclic) bond motifs is 1. The zero-order valence-electron chi connectivity index (χ0n) is 13.3. The van der Waals surface area contributed by atoms with Gasteiger partial charge in [-0.3, -0.25) is 14.5 Å². The molecule has 0 bridgehead atoms. The molecular weight excluding hydrogens is 340 g/mol. The summed E-state index contributed by atoms with van der Waals surface area (Å²) in [6.45, 7) is 0.572. The number of para-hydroxylation sites is 1. The average molecular weight is 356 g/mol. The topological polar surface area (TPSA) is 77.9 Å². The second-order valence-corrected chi connectivity index (χ2v) is 7.29. The lowest BCUT2D eigenvalue weighted by Gasteiger charge is -2.43. The third-order valence-electron chi connectivity index (χ3n) is 4.63. The maximum absolute atomic E-state index is 12.7. The van der Waals surface area contributed by atoms with Crippen LogP contribution in [0.2, 0.25) is 0 Å². The standard InChI is InChI=1S/C18H16N2O4S/c21-14-9-15-20(14)16(18(23)24)12(10-25-15)8-11-6-7-19(17(11)22)13-4-2-1-3-5-13/h1-5,8,15H,6-7,9-10H2,(H,23,24). The number of hydrogen-bond acceptors (Lipinski definition) is 4. The van der Waals surface area contributed by atoms with E-state index in [4.69, 9.17) is 0 Å². The molecule has 128 valence electrons. The average Bonchev–Trinajstić information content (AvgIpc) is 2.96. The fourth-order valence-corrected chi connectivity index (χ4v) is 4.59. The third kappa shape index (κ3) is 2.64. The first-order valence-electron chi connectivity index (χ1n) is 8.04. The molecule has 1 aromatic rings. The first kappa shape index (κ1) is 16.0. The van der Waals surface area contributed by atoms with Gasteiger partial charge in [-0.05, 0) is 30.2 Å². The minimum Gasteiger partial charge on any atom is -0.477 e. The summed E-state index contributed by atoms with van der Waals surface area (Å²) in [5.74, 6) is -0.895. The highest BCUT2D eigenvalue weighted by molar-refractivity contribution is 8.00. The van der Waals surface area contributed by atoms with Crippen molar-refractivity contribution in [1.82, 2.24) is 4.90 Å². The molecule has 1 N–H and O–H groups in total. The molecule has 7 heteroatoms. The predicted octanol–water partition coefficient (Wildman–Crippen LogP) is 1.99. The SMILES string of the molecule is O=C(O)C1=C(C=C2CCN(c3ccccc3)C2=O)CSC2CC(=O)N12. The van der Waals surface area contributed by atoms with Gasteiger partial charge in [0, 0.05) is 23.6 Å². The Labute approximate surface area is 148 Å². The molecule has 0 spiro atoms. The maximum atomic E-state index is 12.7. The molecule has 6 nitrogen and oxygen atoms in total. The highest BCUT2D eigenvalue weighted by Crippen LogP contribution is 2.41. The molecule has 0 radical (unpaired) electrons. The van der Waals surface area contributed by atoms with Crippen LogP contribution in [0, 0.1) is 0 Å². The quantitative estimate of drug-likeness (QED) is 0.662. The van der Waals surface area contributed by atoms with Gasteiger partial charge in [-0.1, -0.05) is 18.2 Å². The van der Waals surface area contributed by atoms with Gasteiger partial charge >= 0.3 is 5.97 Å². The van der Waals surface area contributed by atoms with Crippen LogP contribution >= 0.6 is 11.8 Å². The zero-order chi connectivity index (χ0) is 17.6. The fourth-order valence-electron chi connectivity index (χ4n) is 3.36. The Morgan fingerprint density at radius 1 is 1.24 bits per heavy atom. The molecule has 3 heterocycles. The Balaban J connectivity index is 1.66. The van der Waals surface area contributed by atoms with Crippen LogP contribution < -0.4 is 4.90 Å². The normalized spacial score (nSPS) is 24.6. The van der Waals surface area contributed by atoms with E-state index in [-0.39, 0.29) is 22.9 Å². The number of benzene rings is 1. The number of anilines is 1. The van der Waals surface area contributed by atoms with E-state index in [2.05, 4.69) is 0 Å². The highest BCUT2D eigenvalue weighted by atomic mass is 32.2. The smallest absolute Gasteiger partial charge is 0.352 e. The van der Waals surface area contributed by atoms with Gasteiger partial charge < -0.3 is 10.0 Å². The van der Waals surface area contributed by atoms with Crippen LogP contribution in [0.3, 0.4) is 0 Å². The summed E-state index contributed by atoms with van der Waals surface area (Å²) >= 11 is 1.54. The van der Waals surface area contributed by atoms with E-state index in [1.807, 2.05) is 30.3 Å². The van der Waals surface area contributed by atoms with Crippen molar-refractivity contribution < 1.29 is 19.5 Å². The number of amides is 2. The lowest BCUT2D eigenvalue weighted by atomic mass is 10.0. The molecule has 1 unspecified atom stereocenters. The second-order valence-electron chi connectivity index (χ2n) is 6.12. The van der Waals surface area contributed by atoms with Crippen LogP contribution in [-0.4, -0.2) is 45.5 Å². The highest BCUT2D eigenvalue weighted by Gasteiger charge is 2.45. The monoisotopic (exact) mass is 356 g/mol. The van der Waals surface area contributed by atoms with Gasteiger partial charge in [-0.2, -0.15) is 0 Å². The van der Waals surface area contributed by atoms with Crippen LogP contribution in [0.15, 0.2) is 53.3 Å². The summed E-state index contributed by atoms with van der Waals surface area (Å²) in [6, 6.07) is 9.40. The number of carbonyl (C=O) groups excluding carboxylic acids is 2. The van der Waals surface area contributed by atoms with Crippen LogP contribution in [0.1, 0.15) is 12.8 Å². The van der Waals surface area contributed by atoms with E-state index >= 15 is 0 Å². The molecule has 3 aliphatic heterocycles. The van der Waals surface area contributed by atoms with Gasteiger partial charge in [0.2, 0.25) is 5.91 Å². The Morgan fingerprint density at radius 3 is 2.68 bits per heavy atom. The number of carbonyl (C=O) groups is 3. The molecule has 2 amide bonds. The third-order valence-corrected chi connectivity index (χ3v) is 5.87. The van der Waals surface area contributed by atoms with Crippen molar-refractivity contribution in [3.63, 3.8) is 0 Å². The number of allylic oxidation sites excluding steroid dienone is 1. The van der Waals surface area contributed by atoms with Crippen molar-refractivity contribution >= 4 is 35.2 Å². The molecule has 0 aromatic heterocycles. The zero-order valence-corrected chi connectivity index (χ0v) is 14.2. The largest absolute Gasteiger partial charge is 0.477 e. The van der Waals surface area contributed by atoms with E-state index in [9.17, 15) is 19.5 Å². The summed E-state index contributed by atoms with van der Waals surface area (Å²) in [4.78, 5) is 39.2. The maximum Gasteiger partial charge on any atom is 0.352 e. The Hall–Kier alpha value is -2.54. The van der Waals surface area contributed by atoms with Crippen LogP contribution in [0.5, 0.6) is 0 Å². The van der Waals surface area contributed by atoms with Crippen molar-refractivity contribution in [3.05, 3.63) is 53.3 Å². The second kappa shape index (κ2) is 6.07. The first-order chi connectivity index (χ1) is 12.1. The number of hydrogen-bond donors (Lipinski definition) is 1. The Morgan fingerprint density at radius 2 is 2.00 bits per heavy atom. The number of β-lactam (4-membered cyclic amide) rings is 1. The number of rotatable bonds is 3. The van der Waals surface area contributed by atoms with Crippen LogP contribution in [0.25, 0.3) is 0 Å². The van der Waals surface area contributed by atoms with E-state index in [0.717, 1.165) is 5.69 Å². The molecule has 2 saturated heterocycles. The van der Waals surface area contributed by atoms with E-state index in [1.165, 1.54) is 4.90 Å². The Kier molecular flexibility index (Phi) is 3.88. The van der Waals surface area contributed by atoms with Crippen molar-refractivity contribution in [2.24, 2.45) is 0 Å². The van der Waals surface area contributed by atoms with Gasteiger partial charge in [0.25, 0.3) is 5.91 Å².